The molecule has 0 aliphatic carbocycles. The van der Waals surface area contributed by atoms with E-state index in [2.05, 4.69) is 13.8 Å². The van der Waals surface area contributed by atoms with Gasteiger partial charge in [0.2, 0.25) is 0 Å². The molecule has 0 unspecified atom stereocenters. The minimum Gasteiger partial charge on any atom is -0.442 e. The lowest BCUT2D eigenvalue weighted by molar-refractivity contribution is 0.0711. The molecular formula is C10H18NO2. The van der Waals surface area contributed by atoms with Gasteiger partial charge in [-0.3, -0.25) is 0 Å². The zero-order valence-corrected chi connectivity index (χ0v) is 8.62. The standard InChI is InChI=1S/C10H18NO2/c1-4-13-10(12)11-8(2)6-5-7-9(11)3/h4,8-9H,5-7H2,1-3H3/t8-,9+. The summed E-state index contributed by atoms with van der Waals surface area (Å²) in [5, 5.41) is 0. The van der Waals surface area contributed by atoms with E-state index < -0.39 is 0 Å². The van der Waals surface area contributed by atoms with Crippen LogP contribution in [0.1, 0.15) is 40.0 Å². The maximum Gasteiger partial charge on any atom is 0.410 e. The minimum absolute atomic E-state index is 0.206. The molecule has 2 atom stereocenters. The summed E-state index contributed by atoms with van der Waals surface area (Å²) < 4.78 is 4.88. The highest BCUT2D eigenvalue weighted by atomic mass is 16.6. The third-order valence-corrected chi connectivity index (χ3v) is 2.62. The normalized spacial score (nSPS) is 28.7. The van der Waals surface area contributed by atoms with E-state index in [-0.39, 0.29) is 6.09 Å². The molecule has 0 N–H and O–H groups in total. The predicted molar refractivity (Wildman–Crippen MR) is 51.1 cm³/mol. The molecule has 0 spiro atoms. The van der Waals surface area contributed by atoms with Gasteiger partial charge in [-0.1, -0.05) is 0 Å². The molecule has 1 fully saturated rings. The molecule has 0 aromatic carbocycles. The van der Waals surface area contributed by atoms with Gasteiger partial charge in [-0.05, 0) is 40.0 Å². The van der Waals surface area contributed by atoms with Crippen LogP contribution in [-0.4, -0.2) is 23.1 Å². The van der Waals surface area contributed by atoms with Crippen molar-refractivity contribution in [2.75, 3.05) is 0 Å². The van der Waals surface area contributed by atoms with Crippen LogP contribution in [0.15, 0.2) is 0 Å². The summed E-state index contributed by atoms with van der Waals surface area (Å²) in [6.45, 7) is 7.31. The molecule has 1 aliphatic rings. The quantitative estimate of drug-likeness (QED) is 0.626. The SMILES string of the molecule is C[CH]OC(=O)N1[C@H](C)CCC[C@@H]1C. The molecule has 75 valence electrons. The molecule has 0 aromatic rings. The van der Waals surface area contributed by atoms with Crippen LogP contribution in [0.3, 0.4) is 0 Å². The van der Waals surface area contributed by atoms with E-state index in [4.69, 9.17) is 4.74 Å². The summed E-state index contributed by atoms with van der Waals surface area (Å²) in [5.41, 5.74) is 0. The Bertz CT molecular complexity index is 172. The van der Waals surface area contributed by atoms with Crippen molar-refractivity contribution in [1.29, 1.82) is 0 Å². The summed E-state index contributed by atoms with van der Waals surface area (Å²) in [6.07, 6.45) is 3.18. The molecule has 1 aliphatic heterocycles. The van der Waals surface area contributed by atoms with E-state index in [1.165, 1.54) is 13.0 Å². The number of likely N-dealkylation sites (tertiary alicyclic amines) is 1. The number of carbonyl (C=O) groups excluding carboxylic acids is 1. The van der Waals surface area contributed by atoms with E-state index in [1.807, 2.05) is 4.90 Å². The summed E-state index contributed by atoms with van der Waals surface area (Å²) in [6, 6.07) is 0.632. The van der Waals surface area contributed by atoms with Gasteiger partial charge in [0.25, 0.3) is 0 Å². The molecule has 0 aromatic heterocycles. The van der Waals surface area contributed by atoms with Crippen LogP contribution in [0.4, 0.5) is 4.79 Å². The first-order valence-corrected chi connectivity index (χ1v) is 4.93. The first-order valence-electron chi connectivity index (χ1n) is 4.93. The number of ether oxygens (including phenoxy) is 1. The Balaban J connectivity index is 2.57. The molecule has 3 heteroatoms. The molecule has 13 heavy (non-hydrogen) atoms. The van der Waals surface area contributed by atoms with Crippen molar-refractivity contribution in [3.63, 3.8) is 0 Å². The first kappa shape index (κ1) is 10.4. The Hall–Kier alpha value is -0.730. The van der Waals surface area contributed by atoms with Crippen molar-refractivity contribution in [2.45, 2.75) is 52.1 Å². The Morgan fingerprint density at radius 3 is 2.38 bits per heavy atom. The number of hydrogen-bond donors (Lipinski definition) is 0. The highest BCUT2D eigenvalue weighted by Crippen LogP contribution is 2.23. The molecule has 1 rings (SSSR count). The van der Waals surface area contributed by atoms with E-state index in [1.54, 1.807) is 6.92 Å². The highest BCUT2D eigenvalue weighted by molar-refractivity contribution is 5.68. The van der Waals surface area contributed by atoms with Crippen LogP contribution >= 0.6 is 0 Å². The smallest absolute Gasteiger partial charge is 0.410 e. The molecule has 0 saturated carbocycles. The van der Waals surface area contributed by atoms with E-state index in [0.29, 0.717) is 12.1 Å². The van der Waals surface area contributed by atoms with E-state index >= 15 is 0 Å². The van der Waals surface area contributed by atoms with Crippen LogP contribution in [0.25, 0.3) is 0 Å². The van der Waals surface area contributed by atoms with Crippen molar-refractivity contribution in [3.8, 4) is 0 Å². The summed E-state index contributed by atoms with van der Waals surface area (Å²) >= 11 is 0. The topological polar surface area (TPSA) is 29.5 Å². The predicted octanol–water partition coefficient (Wildman–Crippen LogP) is 2.57. The van der Waals surface area contributed by atoms with Crippen molar-refractivity contribution < 1.29 is 9.53 Å². The maximum atomic E-state index is 11.5. The second-order valence-corrected chi connectivity index (χ2v) is 3.66. The fraction of sp³-hybridized carbons (Fsp3) is 0.800. The molecule has 1 amide bonds. The van der Waals surface area contributed by atoms with Gasteiger partial charge in [-0.15, -0.1) is 0 Å². The van der Waals surface area contributed by atoms with E-state index in [9.17, 15) is 4.79 Å². The maximum absolute atomic E-state index is 11.5. The van der Waals surface area contributed by atoms with Gasteiger partial charge in [0.1, 0.15) is 6.61 Å². The van der Waals surface area contributed by atoms with Gasteiger partial charge in [0.05, 0.1) is 0 Å². The number of nitrogens with zero attached hydrogens (tertiary/aromatic N) is 1. The summed E-state index contributed by atoms with van der Waals surface area (Å²) in [7, 11) is 0. The monoisotopic (exact) mass is 184 g/mol. The van der Waals surface area contributed by atoms with Gasteiger partial charge >= 0.3 is 6.09 Å². The van der Waals surface area contributed by atoms with Crippen molar-refractivity contribution in [1.82, 2.24) is 4.90 Å². The zero-order chi connectivity index (χ0) is 9.84. The average molecular weight is 184 g/mol. The Labute approximate surface area is 80.1 Å². The molecule has 1 radical (unpaired) electrons. The minimum atomic E-state index is -0.206. The third kappa shape index (κ3) is 2.36. The number of carbonyl (C=O) groups is 1. The van der Waals surface area contributed by atoms with Gasteiger partial charge in [0.15, 0.2) is 0 Å². The van der Waals surface area contributed by atoms with Crippen LogP contribution in [-0.2, 0) is 4.74 Å². The molecule has 0 bridgehead atoms. The van der Waals surface area contributed by atoms with Crippen molar-refractivity contribution >= 4 is 6.09 Å². The lowest BCUT2D eigenvalue weighted by Crippen LogP contribution is -2.47. The third-order valence-electron chi connectivity index (χ3n) is 2.62. The van der Waals surface area contributed by atoms with Crippen LogP contribution in [0.2, 0.25) is 0 Å². The lowest BCUT2D eigenvalue weighted by Gasteiger charge is -2.37. The van der Waals surface area contributed by atoms with Crippen LogP contribution in [0.5, 0.6) is 0 Å². The summed E-state index contributed by atoms with van der Waals surface area (Å²) in [5.74, 6) is 0. The summed E-state index contributed by atoms with van der Waals surface area (Å²) in [4.78, 5) is 13.3. The zero-order valence-electron chi connectivity index (χ0n) is 8.62. The number of hydrogen-bond acceptors (Lipinski definition) is 2. The Kier molecular flexibility index (Phi) is 3.58. The molecule has 1 heterocycles. The largest absolute Gasteiger partial charge is 0.442 e. The highest BCUT2D eigenvalue weighted by Gasteiger charge is 2.29. The molecule has 1 saturated heterocycles. The first-order chi connectivity index (χ1) is 6.16. The van der Waals surface area contributed by atoms with E-state index in [0.717, 1.165) is 12.8 Å². The average Bonchev–Trinajstić information content (AvgIpc) is 2.04. The fourth-order valence-corrected chi connectivity index (χ4v) is 1.94. The number of piperidine rings is 1. The van der Waals surface area contributed by atoms with Crippen molar-refractivity contribution in [3.05, 3.63) is 6.61 Å². The molecular weight excluding hydrogens is 166 g/mol. The molecule has 3 nitrogen and oxygen atoms in total. The van der Waals surface area contributed by atoms with Gasteiger partial charge in [-0.2, -0.15) is 0 Å². The fourth-order valence-electron chi connectivity index (χ4n) is 1.94. The lowest BCUT2D eigenvalue weighted by atomic mass is 9.98. The number of amides is 1. The Morgan fingerprint density at radius 1 is 1.38 bits per heavy atom. The van der Waals surface area contributed by atoms with Crippen molar-refractivity contribution in [2.24, 2.45) is 0 Å². The second-order valence-electron chi connectivity index (χ2n) is 3.66. The van der Waals surface area contributed by atoms with Gasteiger partial charge in [0, 0.05) is 12.1 Å². The van der Waals surface area contributed by atoms with Gasteiger partial charge < -0.3 is 9.64 Å². The second kappa shape index (κ2) is 4.49. The number of rotatable bonds is 1. The Morgan fingerprint density at radius 2 is 1.92 bits per heavy atom. The van der Waals surface area contributed by atoms with Gasteiger partial charge in [-0.25, -0.2) is 4.79 Å². The van der Waals surface area contributed by atoms with Crippen LogP contribution < -0.4 is 0 Å². The van der Waals surface area contributed by atoms with Crippen LogP contribution in [0, 0.1) is 6.61 Å².